The molecule has 1 aromatic heterocycles. The Labute approximate surface area is 80.0 Å². The summed E-state index contributed by atoms with van der Waals surface area (Å²) in [5.74, 6) is 0. The van der Waals surface area contributed by atoms with Crippen LogP contribution in [0.4, 0.5) is 0 Å². The van der Waals surface area contributed by atoms with E-state index in [0.717, 1.165) is 10.9 Å². The first kappa shape index (κ1) is 8.50. The molecule has 0 aliphatic rings. The van der Waals surface area contributed by atoms with Gasteiger partial charge < -0.3 is 4.98 Å². The van der Waals surface area contributed by atoms with Crippen molar-refractivity contribution in [1.29, 1.82) is 0 Å². The lowest BCUT2D eigenvalue weighted by atomic mass is 10.2. The van der Waals surface area contributed by atoms with E-state index >= 15 is 0 Å². The van der Waals surface area contributed by atoms with E-state index < -0.39 is 4.92 Å². The maximum atomic E-state index is 10.5. The minimum Gasteiger partial charge on any atom is -0.349 e. The van der Waals surface area contributed by atoms with Crippen molar-refractivity contribution < 1.29 is 4.92 Å². The van der Waals surface area contributed by atoms with Crippen LogP contribution in [0.5, 0.6) is 0 Å². The Hall–Kier alpha value is -2.10. The molecular weight excluding hydrogens is 180 g/mol. The molecule has 0 aliphatic carbocycles. The molecule has 2 aromatic rings. The highest BCUT2D eigenvalue weighted by molar-refractivity contribution is 5.83. The molecule has 4 heteroatoms. The van der Waals surface area contributed by atoms with Gasteiger partial charge in [-0.05, 0) is 18.7 Å². The van der Waals surface area contributed by atoms with Gasteiger partial charge in [0.2, 0.25) is 0 Å². The van der Waals surface area contributed by atoms with E-state index in [0.29, 0.717) is 5.69 Å². The first-order valence-corrected chi connectivity index (χ1v) is 4.10. The number of hydrogen-bond acceptors (Lipinski definition) is 2. The zero-order valence-corrected chi connectivity index (χ0v) is 7.36. The predicted molar refractivity (Wildman–Crippen MR) is 54.3 cm³/mol. The summed E-state index contributed by atoms with van der Waals surface area (Å²) in [7, 11) is 0. The summed E-state index contributed by atoms with van der Waals surface area (Å²) < 4.78 is 0. The maximum absolute atomic E-state index is 10.5. The zero-order chi connectivity index (χ0) is 10.1. The number of fused-ring (bicyclic) bond motifs is 1. The van der Waals surface area contributed by atoms with Crippen LogP contribution in [0.15, 0.2) is 36.9 Å². The largest absolute Gasteiger partial charge is 0.349 e. The predicted octanol–water partition coefficient (Wildman–Crippen LogP) is 2.42. The smallest absolute Gasteiger partial charge is 0.285 e. The normalized spacial score (nSPS) is 10.3. The number of nitrogens with zero attached hydrogens (tertiary/aromatic N) is 1. The van der Waals surface area contributed by atoms with E-state index in [-0.39, 0.29) is 5.70 Å². The highest BCUT2D eigenvalue weighted by Gasteiger charge is 2.12. The van der Waals surface area contributed by atoms with Crippen molar-refractivity contribution in [3.05, 3.63) is 52.7 Å². The number of H-pyrrole nitrogens is 1. The molecule has 4 nitrogen and oxygen atoms in total. The minimum absolute atomic E-state index is 0.110. The molecule has 0 unspecified atom stereocenters. The number of aromatic amines is 1. The Balaban J connectivity index is 2.55. The van der Waals surface area contributed by atoms with Crippen LogP contribution in [0.2, 0.25) is 0 Å². The van der Waals surface area contributed by atoms with Crippen LogP contribution in [-0.2, 0) is 0 Å². The first-order valence-electron chi connectivity index (χ1n) is 4.10. The summed E-state index contributed by atoms with van der Waals surface area (Å²) >= 11 is 0. The molecule has 0 saturated heterocycles. The van der Waals surface area contributed by atoms with Gasteiger partial charge in [-0.3, -0.25) is 10.1 Å². The second kappa shape index (κ2) is 2.99. The molecule has 0 radical (unpaired) electrons. The van der Waals surface area contributed by atoms with Gasteiger partial charge in [0.25, 0.3) is 5.70 Å². The number of benzene rings is 1. The average Bonchev–Trinajstić information content (AvgIpc) is 2.59. The van der Waals surface area contributed by atoms with Crippen LogP contribution in [0.25, 0.3) is 16.6 Å². The molecule has 14 heavy (non-hydrogen) atoms. The van der Waals surface area contributed by atoms with Crippen molar-refractivity contribution in [2.45, 2.75) is 0 Å². The van der Waals surface area contributed by atoms with Gasteiger partial charge in [-0.15, -0.1) is 0 Å². The lowest BCUT2D eigenvalue weighted by molar-refractivity contribution is -0.375. The monoisotopic (exact) mass is 188 g/mol. The molecule has 1 N–H and O–H groups in total. The second-order valence-electron chi connectivity index (χ2n) is 2.97. The Kier molecular flexibility index (Phi) is 1.81. The van der Waals surface area contributed by atoms with Crippen LogP contribution in [0, 0.1) is 10.1 Å². The Morgan fingerprint density at radius 3 is 2.79 bits per heavy atom. The summed E-state index contributed by atoms with van der Waals surface area (Å²) in [4.78, 5) is 12.9. The number of nitro groups is 1. The molecule has 0 fully saturated rings. The Morgan fingerprint density at radius 2 is 2.14 bits per heavy atom. The standard InChI is InChI=1S/C10H8N2O2/c1-7(12(13)14)10-6-8-4-2-3-5-9(8)11-10/h2-6,11H,1H2. The van der Waals surface area contributed by atoms with Crippen molar-refractivity contribution in [2.24, 2.45) is 0 Å². The lowest BCUT2D eigenvalue weighted by Crippen LogP contribution is -1.95. The van der Waals surface area contributed by atoms with Crippen LogP contribution in [-0.4, -0.2) is 9.91 Å². The van der Waals surface area contributed by atoms with Crippen molar-refractivity contribution in [3.8, 4) is 0 Å². The van der Waals surface area contributed by atoms with Crippen LogP contribution in [0.1, 0.15) is 5.69 Å². The molecule has 0 saturated carbocycles. The van der Waals surface area contributed by atoms with E-state index in [4.69, 9.17) is 0 Å². The molecule has 0 bridgehead atoms. The molecule has 0 atom stereocenters. The van der Waals surface area contributed by atoms with Gasteiger partial charge in [0.1, 0.15) is 5.69 Å². The molecule has 0 amide bonds. The average molecular weight is 188 g/mol. The van der Waals surface area contributed by atoms with Gasteiger partial charge in [-0.25, -0.2) is 0 Å². The van der Waals surface area contributed by atoms with Gasteiger partial charge in [0.05, 0.1) is 4.92 Å². The van der Waals surface area contributed by atoms with E-state index in [1.165, 1.54) is 0 Å². The van der Waals surface area contributed by atoms with Crippen molar-refractivity contribution in [2.75, 3.05) is 0 Å². The minimum atomic E-state index is -0.495. The van der Waals surface area contributed by atoms with Gasteiger partial charge in [-0.2, -0.15) is 0 Å². The van der Waals surface area contributed by atoms with Crippen LogP contribution in [0.3, 0.4) is 0 Å². The van der Waals surface area contributed by atoms with E-state index in [1.807, 2.05) is 24.3 Å². The quantitative estimate of drug-likeness (QED) is 0.581. The molecule has 70 valence electrons. The molecule has 1 aromatic carbocycles. The fraction of sp³-hybridized carbons (Fsp3) is 0. The molecule has 1 heterocycles. The summed E-state index contributed by atoms with van der Waals surface area (Å²) in [5, 5.41) is 11.4. The van der Waals surface area contributed by atoms with Crippen LogP contribution >= 0.6 is 0 Å². The SMILES string of the molecule is C=C(c1cc2ccccc2[nH]1)[N+](=O)[O-]. The van der Waals surface area contributed by atoms with Gasteiger partial charge >= 0.3 is 0 Å². The molecular formula is C10H8N2O2. The molecule has 0 aliphatic heterocycles. The third-order valence-corrected chi connectivity index (χ3v) is 2.06. The van der Waals surface area contributed by atoms with E-state index in [9.17, 15) is 10.1 Å². The number of aromatic nitrogens is 1. The first-order chi connectivity index (χ1) is 6.68. The highest BCUT2D eigenvalue weighted by Crippen LogP contribution is 2.19. The molecule has 2 rings (SSSR count). The van der Waals surface area contributed by atoms with Gasteiger partial charge in [-0.1, -0.05) is 18.2 Å². The fourth-order valence-corrected chi connectivity index (χ4v) is 1.33. The lowest BCUT2D eigenvalue weighted by Gasteiger charge is -1.89. The fourth-order valence-electron chi connectivity index (χ4n) is 1.33. The van der Waals surface area contributed by atoms with Crippen molar-refractivity contribution >= 4 is 16.6 Å². The van der Waals surface area contributed by atoms with E-state index in [2.05, 4.69) is 11.6 Å². The number of rotatable bonds is 2. The number of para-hydroxylation sites is 1. The topological polar surface area (TPSA) is 58.9 Å². The summed E-state index contributed by atoms with van der Waals surface area (Å²) in [5.41, 5.74) is 1.22. The highest BCUT2D eigenvalue weighted by atomic mass is 16.6. The summed E-state index contributed by atoms with van der Waals surface area (Å²) in [6.07, 6.45) is 0. The van der Waals surface area contributed by atoms with Crippen molar-refractivity contribution in [3.63, 3.8) is 0 Å². The number of hydrogen-bond donors (Lipinski definition) is 1. The van der Waals surface area contributed by atoms with Crippen LogP contribution < -0.4 is 0 Å². The Bertz CT molecular complexity index is 481. The third kappa shape index (κ3) is 1.26. The third-order valence-electron chi connectivity index (χ3n) is 2.06. The van der Waals surface area contributed by atoms with Crippen molar-refractivity contribution in [1.82, 2.24) is 4.98 Å². The Morgan fingerprint density at radius 1 is 1.43 bits per heavy atom. The van der Waals surface area contributed by atoms with Gasteiger partial charge in [0, 0.05) is 10.9 Å². The number of nitrogens with one attached hydrogen (secondary N) is 1. The summed E-state index contributed by atoms with van der Waals surface area (Å²) in [6, 6.07) is 9.24. The van der Waals surface area contributed by atoms with Gasteiger partial charge in [0.15, 0.2) is 0 Å². The molecule has 0 spiro atoms. The maximum Gasteiger partial charge on any atom is 0.285 e. The summed E-state index contributed by atoms with van der Waals surface area (Å²) in [6.45, 7) is 3.39. The zero-order valence-electron chi connectivity index (χ0n) is 7.36. The van der Waals surface area contributed by atoms with E-state index in [1.54, 1.807) is 6.07 Å². The second-order valence-corrected chi connectivity index (χ2v) is 2.97.